The first kappa shape index (κ1) is 18.2. The highest BCUT2D eigenvalue weighted by molar-refractivity contribution is 5.78. The Morgan fingerprint density at radius 2 is 2.00 bits per heavy atom. The molecule has 1 amide bonds. The average molecular weight is 341 g/mol. The van der Waals surface area contributed by atoms with Crippen molar-refractivity contribution < 1.29 is 27.8 Å². The molecule has 1 saturated heterocycles. The van der Waals surface area contributed by atoms with E-state index in [-0.39, 0.29) is 19.6 Å². The fourth-order valence-electron chi connectivity index (χ4n) is 3.03. The van der Waals surface area contributed by atoms with E-state index in [2.05, 4.69) is 0 Å². The minimum absolute atomic E-state index is 0.0935. The first-order valence-corrected chi connectivity index (χ1v) is 7.79. The van der Waals surface area contributed by atoms with Gasteiger partial charge in [0.2, 0.25) is 6.43 Å². The highest BCUT2D eigenvalue weighted by Crippen LogP contribution is 2.37. The molecule has 0 bridgehead atoms. The van der Waals surface area contributed by atoms with Crippen molar-refractivity contribution in [1.29, 1.82) is 0 Å². The lowest BCUT2D eigenvalue weighted by Gasteiger charge is -2.39. The number of nitrogens with zero attached hydrogens (tertiary/aromatic N) is 1. The number of rotatable bonds is 5. The van der Waals surface area contributed by atoms with Gasteiger partial charge in [0.05, 0.1) is 12.5 Å². The van der Waals surface area contributed by atoms with Gasteiger partial charge in [0.25, 0.3) is 0 Å². The Morgan fingerprint density at radius 1 is 1.29 bits per heavy atom. The smallest absolute Gasteiger partial charge is 0.410 e. The van der Waals surface area contributed by atoms with E-state index in [9.17, 15) is 18.4 Å². The van der Waals surface area contributed by atoms with Crippen molar-refractivity contribution in [3.05, 3.63) is 35.9 Å². The molecule has 1 aliphatic rings. The number of carbonyl (C=O) groups is 2. The molecule has 132 valence electrons. The summed E-state index contributed by atoms with van der Waals surface area (Å²) in [6.07, 6.45) is -3.16. The quantitative estimate of drug-likeness (QED) is 0.772. The summed E-state index contributed by atoms with van der Waals surface area (Å²) in [5.74, 6) is -0.705. The number of ether oxygens (including phenoxy) is 2. The summed E-state index contributed by atoms with van der Waals surface area (Å²) in [5, 5.41) is 0. The summed E-state index contributed by atoms with van der Waals surface area (Å²) in [5.41, 5.74) is -0.540. The number of hydrogen-bond acceptors (Lipinski definition) is 4. The molecule has 0 saturated carbocycles. The predicted molar refractivity (Wildman–Crippen MR) is 82.5 cm³/mol. The van der Waals surface area contributed by atoms with E-state index < -0.39 is 30.3 Å². The van der Waals surface area contributed by atoms with Crippen LogP contribution >= 0.6 is 0 Å². The molecule has 24 heavy (non-hydrogen) atoms. The third kappa shape index (κ3) is 4.43. The Kier molecular flexibility index (Phi) is 6.11. The van der Waals surface area contributed by atoms with E-state index in [0.717, 1.165) is 5.56 Å². The van der Waals surface area contributed by atoms with Gasteiger partial charge in [-0.3, -0.25) is 4.79 Å². The number of hydrogen-bond donors (Lipinski definition) is 0. The van der Waals surface area contributed by atoms with E-state index in [1.165, 1.54) is 12.0 Å². The highest BCUT2D eigenvalue weighted by atomic mass is 19.3. The number of methoxy groups -OCH3 is 1. The second kappa shape index (κ2) is 8.08. The normalized spacial score (nSPS) is 20.8. The molecular formula is C17H21F2NO4. The van der Waals surface area contributed by atoms with Gasteiger partial charge in [-0.05, 0) is 18.4 Å². The molecule has 0 spiro atoms. The zero-order chi connectivity index (χ0) is 17.6. The zero-order valence-corrected chi connectivity index (χ0v) is 13.5. The van der Waals surface area contributed by atoms with Crippen LogP contribution < -0.4 is 0 Å². The lowest BCUT2D eigenvalue weighted by Crippen LogP contribution is -2.51. The van der Waals surface area contributed by atoms with Gasteiger partial charge in [0, 0.05) is 19.5 Å². The minimum atomic E-state index is -2.65. The van der Waals surface area contributed by atoms with Gasteiger partial charge < -0.3 is 14.4 Å². The molecule has 2 rings (SSSR count). The number of benzene rings is 1. The number of esters is 1. The van der Waals surface area contributed by atoms with Gasteiger partial charge in [-0.25, -0.2) is 13.6 Å². The molecule has 0 aromatic heterocycles. The molecule has 5 nitrogen and oxygen atoms in total. The lowest BCUT2D eigenvalue weighted by atomic mass is 9.77. The maximum atomic E-state index is 12.9. The second-order valence-corrected chi connectivity index (χ2v) is 5.93. The van der Waals surface area contributed by atoms with Crippen molar-refractivity contribution in [1.82, 2.24) is 4.90 Å². The van der Waals surface area contributed by atoms with E-state index in [4.69, 9.17) is 9.47 Å². The molecule has 1 fully saturated rings. The van der Waals surface area contributed by atoms with Crippen LogP contribution in [0.2, 0.25) is 0 Å². The summed E-state index contributed by atoms with van der Waals surface area (Å²) in [7, 11) is 1.17. The average Bonchev–Trinajstić information content (AvgIpc) is 2.59. The van der Waals surface area contributed by atoms with Crippen LogP contribution in [-0.4, -0.2) is 43.6 Å². The standard InChI is InChI=1S/C17H21F2NO4/c1-23-15(21)17(10-14(18)19)8-5-9-20(12-17)16(22)24-11-13-6-3-2-4-7-13/h2-4,6-7,14H,5,8-12H2,1H3. The molecule has 1 atom stereocenters. The van der Waals surface area contributed by atoms with Gasteiger partial charge in [0.1, 0.15) is 6.61 Å². The number of amides is 1. The SMILES string of the molecule is COC(=O)C1(CC(F)F)CCCN(C(=O)OCc2ccccc2)C1. The number of halogens is 2. The summed E-state index contributed by atoms with van der Waals surface area (Å²) < 4.78 is 35.8. The fourth-order valence-corrected chi connectivity index (χ4v) is 3.03. The molecule has 7 heteroatoms. The number of carbonyl (C=O) groups excluding carboxylic acids is 2. The van der Waals surface area contributed by atoms with E-state index >= 15 is 0 Å². The Hall–Kier alpha value is -2.18. The number of likely N-dealkylation sites (tertiary alicyclic amines) is 1. The monoisotopic (exact) mass is 341 g/mol. The summed E-state index contributed by atoms with van der Waals surface area (Å²) in [6.45, 7) is 0.351. The molecule has 0 aliphatic carbocycles. The van der Waals surface area contributed by atoms with Crippen molar-refractivity contribution in [2.24, 2.45) is 5.41 Å². The zero-order valence-electron chi connectivity index (χ0n) is 13.5. The topological polar surface area (TPSA) is 55.8 Å². The fraction of sp³-hybridized carbons (Fsp3) is 0.529. The van der Waals surface area contributed by atoms with Crippen LogP contribution in [0.1, 0.15) is 24.8 Å². The van der Waals surface area contributed by atoms with E-state index in [1.54, 1.807) is 0 Å². The maximum absolute atomic E-state index is 12.9. The van der Waals surface area contributed by atoms with Crippen LogP contribution in [0.3, 0.4) is 0 Å². The molecule has 1 aromatic rings. The Bertz CT molecular complexity index is 567. The van der Waals surface area contributed by atoms with Crippen LogP contribution in [-0.2, 0) is 20.9 Å². The summed E-state index contributed by atoms with van der Waals surface area (Å²) >= 11 is 0. The molecule has 1 aliphatic heterocycles. The highest BCUT2D eigenvalue weighted by Gasteiger charge is 2.46. The van der Waals surface area contributed by atoms with Gasteiger partial charge in [-0.2, -0.15) is 0 Å². The summed E-state index contributed by atoms with van der Waals surface area (Å²) in [4.78, 5) is 25.6. The first-order chi connectivity index (χ1) is 11.5. The van der Waals surface area contributed by atoms with Crippen LogP contribution in [0.25, 0.3) is 0 Å². The molecular weight excluding hydrogens is 320 g/mol. The molecule has 1 aromatic carbocycles. The number of alkyl halides is 2. The van der Waals surface area contributed by atoms with Crippen LogP contribution in [0.15, 0.2) is 30.3 Å². The molecule has 0 radical (unpaired) electrons. The van der Waals surface area contributed by atoms with Crippen molar-refractivity contribution in [3.8, 4) is 0 Å². The minimum Gasteiger partial charge on any atom is -0.469 e. The predicted octanol–water partition coefficient (Wildman–Crippen LogP) is 3.23. The largest absolute Gasteiger partial charge is 0.469 e. The maximum Gasteiger partial charge on any atom is 0.410 e. The number of piperidine rings is 1. The first-order valence-electron chi connectivity index (χ1n) is 7.79. The van der Waals surface area contributed by atoms with Gasteiger partial charge >= 0.3 is 12.1 Å². The van der Waals surface area contributed by atoms with Crippen molar-refractivity contribution >= 4 is 12.1 Å². The summed E-state index contributed by atoms with van der Waals surface area (Å²) in [6, 6.07) is 9.15. The van der Waals surface area contributed by atoms with Gasteiger partial charge in [0.15, 0.2) is 0 Å². The van der Waals surface area contributed by atoms with Crippen molar-refractivity contribution in [3.63, 3.8) is 0 Å². The second-order valence-electron chi connectivity index (χ2n) is 5.93. The van der Waals surface area contributed by atoms with E-state index in [0.29, 0.717) is 13.0 Å². The van der Waals surface area contributed by atoms with Gasteiger partial charge in [-0.15, -0.1) is 0 Å². The lowest BCUT2D eigenvalue weighted by molar-refractivity contribution is -0.159. The van der Waals surface area contributed by atoms with Crippen LogP contribution in [0, 0.1) is 5.41 Å². The molecule has 0 N–H and O–H groups in total. The van der Waals surface area contributed by atoms with Crippen LogP contribution in [0.4, 0.5) is 13.6 Å². The van der Waals surface area contributed by atoms with Crippen molar-refractivity contribution in [2.45, 2.75) is 32.3 Å². The Labute approximate surface area is 139 Å². The van der Waals surface area contributed by atoms with Gasteiger partial charge in [-0.1, -0.05) is 30.3 Å². The third-order valence-electron chi connectivity index (χ3n) is 4.20. The van der Waals surface area contributed by atoms with Crippen LogP contribution in [0.5, 0.6) is 0 Å². The van der Waals surface area contributed by atoms with E-state index in [1.807, 2.05) is 30.3 Å². The molecule has 1 unspecified atom stereocenters. The van der Waals surface area contributed by atoms with Crippen molar-refractivity contribution in [2.75, 3.05) is 20.2 Å². The third-order valence-corrected chi connectivity index (χ3v) is 4.20. The Morgan fingerprint density at radius 3 is 2.62 bits per heavy atom. The molecule has 1 heterocycles. The Balaban J connectivity index is 2.02.